The van der Waals surface area contributed by atoms with E-state index < -0.39 is 0 Å². The first-order valence-electron chi connectivity index (χ1n) is 6.84. The highest BCUT2D eigenvalue weighted by molar-refractivity contribution is 5.40. The van der Waals surface area contributed by atoms with Crippen LogP contribution in [0.1, 0.15) is 11.1 Å². The van der Waals surface area contributed by atoms with Gasteiger partial charge in [-0.05, 0) is 42.9 Å². The fourth-order valence-corrected chi connectivity index (χ4v) is 2.08. The van der Waals surface area contributed by atoms with Crippen LogP contribution in [0, 0.1) is 0 Å². The third-order valence-corrected chi connectivity index (χ3v) is 3.16. The zero-order chi connectivity index (χ0) is 15.1. The Balaban J connectivity index is 2.11. The first-order chi connectivity index (χ1) is 10.3. The van der Waals surface area contributed by atoms with Gasteiger partial charge < -0.3 is 19.5 Å². The smallest absolute Gasteiger partial charge is 0.124 e. The molecule has 0 aliphatic carbocycles. The maximum absolute atomic E-state index is 5.92. The van der Waals surface area contributed by atoms with Crippen molar-refractivity contribution in [2.75, 3.05) is 21.3 Å². The van der Waals surface area contributed by atoms with Gasteiger partial charge in [0.25, 0.3) is 0 Å². The summed E-state index contributed by atoms with van der Waals surface area (Å²) in [5.41, 5.74) is 2.14. The van der Waals surface area contributed by atoms with Crippen molar-refractivity contribution in [1.29, 1.82) is 0 Å². The van der Waals surface area contributed by atoms with Crippen LogP contribution >= 0.6 is 0 Å². The predicted octanol–water partition coefficient (Wildman–Crippen LogP) is 3.00. The second kappa shape index (κ2) is 7.55. The predicted molar refractivity (Wildman–Crippen MR) is 83.1 cm³/mol. The van der Waals surface area contributed by atoms with Gasteiger partial charge in [-0.3, -0.25) is 0 Å². The second-order valence-corrected chi connectivity index (χ2v) is 4.64. The SMILES string of the molecule is CNCc1cc(OC)ccc1OCc1cccc(OC)c1. The molecule has 0 aliphatic rings. The fourth-order valence-electron chi connectivity index (χ4n) is 2.08. The number of ether oxygens (including phenoxy) is 3. The van der Waals surface area contributed by atoms with Crippen molar-refractivity contribution in [1.82, 2.24) is 5.32 Å². The Labute approximate surface area is 125 Å². The lowest BCUT2D eigenvalue weighted by Gasteiger charge is -2.13. The first kappa shape index (κ1) is 15.2. The molecular formula is C17H21NO3. The molecule has 0 saturated heterocycles. The molecule has 0 aliphatic heterocycles. The lowest BCUT2D eigenvalue weighted by molar-refractivity contribution is 0.300. The molecule has 0 spiro atoms. The van der Waals surface area contributed by atoms with Crippen LogP contribution in [-0.4, -0.2) is 21.3 Å². The van der Waals surface area contributed by atoms with Gasteiger partial charge in [0.1, 0.15) is 23.9 Å². The summed E-state index contributed by atoms with van der Waals surface area (Å²) < 4.78 is 16.4. The van der Waals surface area contributed by atoms with Crippen molar-refractivity contribution in [2.24, 2.45) is 0 Å². The van der Waals surface area contributed by atoms with E-state index in [4.69, 9.17) is 14.2 Å². The summed E-state index contributed by atoms with van der Waals surface area (Å²) in [5.74, 6) is 2.52. The van der Waals surface area contributed by atoms with Gasteiger partial charge in [-0.25, -0.2) is 0 Å². The fraction of sp³-hybridized carbons (Fsp3) is 0.294. The van der Waals surface area contributed by atoms with E-state index in [0.29, 0.717) is 6.61 Å². The summed E-state index contributed by atoms with van der Waals surface area (Å²) in [7, 11) is 5.23. The van der Waals surface area contributed by atoms with Crippen LogP contribution in [-0.2, 0) is 13.2 Å². The molecule has 0 saturated carbocycles. The van der Waals surface area contributed by atoms with E-state index in [1.165, 1.54) is 0 Å². The van der Waals surface area contributed by atoms with Crippen molar-refractivity contribution in [3.05, 3.63) is 53.6 Å². The molecule has 4 heteroatoms. The van der Waals surface area contributed by atoms with E-state index >= 15 is 0 Å². The van der Waals surface area contributed by atoms with Crippen molar-refractivity contribution in [2.45, 2.75) is 13.2 Å². The van der Waals surface area contributed by atoms with E-state index in [1.807, 2.05) is 49.5 Å². The number of hydrogen-bond donors (Lipinski definition) is 1. The van der Waals surface area contributed by atoms with Crippen LogP contribution in [0.2, 0.25) is 0 Å². The van der Waals surface area contributed by atoms with Crippen LogP contribution in [0.5, 0.6) is 17.2 Å². The lowest BCUT2D eigenvalue weighted by atomic mass is 10.2. The molecule has 0 radical (unpaired) electrons. The maximum atomic E-state index is 5.92. The molecule has 0 fully saturated rings. The molecule has 21 heavy (non-hydrogen) atoms. The summed E-state index contributed by atoms with van der Waals surface area (Å²) in [5, 5.41) is 3.14. The molecule has 2 rings (SSSR count). The van der Waals surface area contributed by atoms with Crippen LogP contribution in [0.4, 0.5) is 0 Å². The molecule has 0 bridgehead atoms. The Morgan fingerprint density at radius 1 is 0.952 bits per heavy atom. The maximum Gasteiger partial charge on any atom is 0.124 e. The monoisotopic (exact) mass is 287 g/mol. The molecule has 2 aromatic rings. The minimum absolute atomic E-state index is 0.500. The van der Waals surface area contributed by atoms with Gasteiger partial charge in [0.2, 0.25) is 0 Å². The number of nitrogens with one attached hydrogen (secondary N) is 1. The molecule has 2 aromatic carbocycles. The molecule has 4 nitrogen and oxygen atoms in total. The number of hydrogen-bond acceptors (Lipinski definition) is 4. The minimum Gasteiger partial charge on any atom is -0.497 e. The average Bonchev–Trinajstić information content (AvgIpc) is 2.54. The van der Waals surface area contributed by atoms with Gasteiger partial charge in [0.15, 0.2) is 0 Å². The van der Waals surface area contributed by atoms with Gasteiger partial charge in [0.05, 0.1) is 14.2 Å². The summed E-state index contributed by atoms with van der Waals surface area (Å²) in [6, 6.07) is 13.7. The minimum atomic E-state index is 0.500. The molecule has 0 atom stereocenters. The third-order valence-electron chi connectivity index (χ3n) is 3.16. The molecule has 0 unspecified atom stereocenters. The van der Waals surface area contributed by atoms with Gasteiger partial charge in [0, 0.05) is 12.1 Å². The van der Waals surface area contributed by atoms with Crippen LogP contribution in [0.3, 0.4) is 0 Å². The third kappa shape index (κ3) is 4.13. The van der Waals surface area contributed by atoms with E-state index in [-0.39, 0.29) is 0 Å². The Bertz CT molecular complexity index is 584. The van der Waals surface area contributed by atoms with Crippen molar-refractivity contribution >= 4 is 0 Å². The quantitative estimate of drug-likeness (QED) is 0.850. The number of benzene rings is 2. The Morgan fingerprint density at radius 2 is 1.71 bits per heavy atom. The highest BCUT2D eigenvalue weighted by Gasteiger charge is 2.06. The molecule has 0 amide bonds. The summed E-state index contributed by atoms with van der Waals surface area (Å²) >= 11 is 0. The summed E-state index contributed by atoms with van der Waals surface area (Å²) in [6.07, 6.45) is 0. The number of rotatable bonds is 7. The summed E-state index contributed by atoms with van der Waals surface area (Å²) in [4.78, 5) is 0. The molecular weight excluding hydrogens is 266 g/mol. The topological polar surface area (TPSA) is 39.7 Å². The molecule has 112 valence electrons. The average molecular weight is 287 g/mol. The molecule has 0 aromatic heterocycles. The Hall–Kier alpha value is -2.20. The number of methoxy groups -OCH3 is 2. The van der Waals surface area contributed by atoms with E-state index in [9.17, 15) is 0 Å². The highest BCUT2D eigenvalue weighted by atomic mass is 16.5. The van der Waals surface area contributed by atoms with Gasteiger partial charge in [-0.15, -0.1) is 0 Å². The standard InChI is InChI=1S/C17H21NO3/c1-18-11-14-10-16(20-3)7-8-17(14)21-12-13-5-4-6-15(9-13)19-2/h4-10,18H,11-12H2,1-3H3. The van der Waals surface area contributed by atoms with Gasteiger partial charge in [-0.1, -0.05) is 12.1 Å². The van der Waals surface area contributed by atoms with Crippen LogP contribution < -0.4 is 19.5 Å². The zero-order valence-corrected chi connectivity index (χ0v) is 12.7. The van der Waals surface area contributed by atoms with Crippen LogP contribution in [0.25, 0.3) is 0 Å². The summed E-state index contributed by atoms with van der Waals surface area (Å²) in [6.45, 7) is 1.23. The molecule has 1 N–H and O–H groups in total. The second-order valence-electron chi connectivity index (χ2n) is 4.64. The van der Waals surface area contributed by atoms with Crippen molar-refractivity contribution in [3.63, 3.8) is 0 Å². The highest BCUT2D eigenvalue weighted by Crippen LogP contribution is 2.25. The van der Waals surface area contributed by atoms with Gasteiger partial charge in [-0.2, -0.15) is 0 Å². The van der Waals surface area contributed by atoms with Gasteiger partial charge >= 0.3 is 0 Å². The van der Waals surface area contributed by atoms with E-state index in [0.717, 1.165) is 34.9 Å². The normalized spacial score (nSPS) is 10.2. The van der Waals surface area contributed by atoms with Crippen molar-refractivity contribution in [3.8, 4) is 17.2 Å². The lowest BCUT2D eigenvalue weighted by Crippen LogP contribution is -2.08. The zero-order valence-electron chi connectivity index (χ0n) is 12.7. The Kier molecular flexibility index (Phi) is 5.46. The van der Waals surface area contributed by atoms with Crippen LogP contribution in [0.15, 0.2) is 42.5 Å². The first-order valence-corrected chi connectivity index (χ1v) is 6.84. The van der Waals surface area contributed by atoms with E-state index in [1.54, 1.807) is 14.2 Å². The van der Waals surface area contributed by atoms with E-state index in [2.05, 4.69) is 5.32 Å². The largest absolute Gasteiger partial charge is 0.497 e. The Morgan fingerprint density at radius 3 is 2.43 bits per heavy atom. The van der Waals surface area contributed by atoms with Crippen molar-refractivity contribution < 1.29 is 14.2 Å². The molecule has 0 heterocycles.